The number of hydrogen-bond acceptors (Lipinski definition) is 1. The predicted octanol–water partition coefficient (Wildman–Crippen LogP) is 1.97. The average molecular weight is 126 g/mol. The van der Waals surface area contributed by atoms with E-state index in [1.807, 2.05) is 0 Å². The molecule has 2 rings (SSSR count). The largest absolute Gasteiger partial charge is 0.375 e. The second-order valence-electron chi connectivity index (χ2n) is 3.29. The van der Waals surface area contributed by atoms with Gasteiger partial charge in [0, 0.05) is 6.61 Å². The van der Waals surface area contributed by atoms with Crippen molar-refractivity contribution in [2.45, 2.75) is 38.2 Å². The van der Waals surface area contributed by atoms with E-state index in [0.29, 0.717) is 5.60 Å². The normalized spacial score (nSPS) is 47.0. The molecule has 0 spiro atoms. The Morgan fingerprint density at radius 2 is 2.56 bits per heavy atom. The van der Waals surface area contributed by atoms with Gasteiger partial charge in [0.15, 0.2) is 0 Å². The summed E-state index contributed by atoms with van der Waals surface area (Å²) in [7, 11) is 0. The van der Waals surface area contributed by atoms with E-state index in [9.17, 15) is 0 Å². The molecule has 0 aromatic rings. The van der Waals surface area contributed by atoms with Gasteiger partial charge in [0.1, 0.15) is 0 Å². The lowest BCUT2D eigenvalue weighted by atomic mass is 10.2. The molecule has 0 bridgehead atoms. The molecule has 2 atom stereocenters. The quantitative estimate of drug-likeness (QED) is 0.549. The zero-order valence-corrected chi connectivity index (χ0v) is 6.02. The van der Waals surface area contributed by atoms with Gasteiger partial charge in [0.05, 0.1) is 5.60 Å². The molecule has 52 valence electrons. The molecule has 2 aliphatic rings. The topological polar surface area (TPSA) is 9.23 Å². The highest BCUT2D eigenvalue weighted by molar-refractivity contribution is 5.09. The standard InChI is InChI=1S/C8H14O/c1-2-9-8-5-3-4-7(8)6-8/h7H,2-6H2,1H3. The third-order valence-corrected chi connectivity index (χ3v) is 2.76. The van der Waals surface area contributed by atoms with Crippen LogP contribution in [0.15, 0.2) is 0 Å². The van der Waals surface area contributed by atoms with Crippen LogP contribution in [0.4, 0.5) is 0 Å². The minimum absolute atomic E-state index is 0.411. The van der Waals surface area contributed by atoms with Crippen LogP contribution >= 0.6 is 0 Å². The van der Waals surface area contributed by atoms with Crippen molar-refractivity contribution in [1.29, 1.82) is 0 Å². The molecule has 1 nitrogen and oxygen atoms in total. The van der Waals surface area contributed by atoms with E-state index < -0.39 is 0 Å². The lowest BCUT2D eigenvalue weighted by Crippen LogP contribution is -2.12. The van der Waals surface area contributed by atoms with Gasteiger partial charge in [-0.1, -0.05) is 6.42 Å². The van der Waals surface area contributed by atoms with Crippen molar-refractivity contribution in [3.8, 4) is 0 Å². The van der Waals surface area contributed by atoms with Crippen molar-refractivity contribution in [3.05, 3.63) is 0 Å². The van der Waals surface area contributed by atoms with Gasteiger partial charge in [-0.25, -0.2) is 0 Å². The smallest absolute Gasteiger partial charge is 0.0715 e. The highest BCUT2D eigenvalue weighted by Crippen LogP contribution is 2.58. The van der Waals surface area contributed by atoms with E-state index in [2.05, 4.69) is 6.92 Å². The molecule has 2 saturated carbocycles. The van der Waals surface area contributed by atoms with Crippen LogP contribution < -0.4 is 0 Å². The first-order chi connectivity index (χ1) is 4.37. The fourth-order valence-corrected chi connectivity index (χ4v) is 2.21. The Morgan fingerprint density at radius 1 is 1.67 bits per heavy atom. The van der Waals surface area contributed by atoms with Crippen molar-refractivity contribution in [3.63, 3.8) is 0 Å². The Hall–Kier alpha value is -0.0400. The molecular weight excluding hydrogens is 112 g/mol. The van der Waals surface area contributed by atoms with E-state index in [4.69, 9.17) is 4.74 Å². The molecule has 2 aliphatic carbocycles. The van der Waals surface area contributed by atoms with Crippen molar-refractivity contribution >= 4 is 0 Å². The highest BCUT2D eigenvalue weighted by Gasteiger charge is 2.57. The lowest BCUT2D eigenvalue weighted by Gasteiger charge is -2.10. The second-order valence-corrected chi connectivity index (χ2v) is 3.29. The van der Waals surface area contributed by atoms with E-state index in [1.54, 1.807) is 0 Å². The zero-order valence-electron chi connectivity index (χ0n) is 6.02. The summed E-state index contributed by atoms with van der Waals surface area (Å²) in [6, 6.07) is 0. The Labute approximate surface area is 56.4 Å². The minimum atomic E-state index is 0.411. The zero-order chi connectivity index (χ0) is 6.32. The van der Waals surface area contributed by atoms with Crippen LogP contribution in [-0.4, -0.2) is 12.2 Å². The summed E-state index contributed by atoms with van der Waals surface area (Å²) in [5, 5.41) is 0. The Kier molecular flexibility index (Phi) is 1.10. The highest BCUT2D eigenvalue weighted by atomic mass is 16.5. The van der Waals surface area contributed by atoms with Crippen LogP contribution in [0, 0.1) is 5.92 Å². The van der Waals surface area contributed by atoms with Crippen LogP contribution in [0.5, 0.6) is 0 Å². The van der Waals surface area contributed by atoms with Crippen LogP contribution in [0.25, 0.3) is 0 Å². The van der Waals surface area contributed by atoms with E-state index in [1.165, 1.54) is 25.7 Å². The van der Waals surface area contributed by atoms with Gasteiger partial charge in [-0.3, -0.25) is 0 Å². The molecule has 0 N–H and O–H groups in total. The molecule has 0 saturated heterocycles. The van der Waals surface area contributed by atoms with Crippen molar-refractivity contribution in [2.75, 3.05) is 6.61 Å². The minimum Gasteiger partial charge on any atom is -0.375 e. The van der Waals surface area contributed by atoms with Gasteiger partial charge >= 0.3 is 0 Å². The summed E-state index contributed by atoms with van der Waals surface area (Å²) < 4.78 is 5.66. The molecule has 0 heterocycles. The molecule has 0 radical (unpaired) electrons. The van der Waals surface area contributed by atoms with Gasteiger partial charge in [0.2, 0.25) is 0 Å². The van der Waals surface area contributed by atoms with Gasteiger partial charge < -0.3 is 4.74 Å². The molecule has 2 fully saturated rings. The maximum Gasteiger partial charge on any atom is 0.0715 e. The number of ether oxygens (including phenoxy) is 1. The summed E-state index contributed by atoms with van der Waals surface area (Å²) in [6.45, 7) is 3.01. The summed E-state index contributed by atoms with van der Waals surface area (Å²) in [6.07, 6.45) is 5.54. The Balaban J connectivity index is 1.95. The molecule has 0 aliphatic heterocycles. The first kappa shape index (κ1) is 5.72. The second kappa shape index (κ2) is 1.72. The van der Waals surface area contributed by atoms with E-state index in [-0.39, 0.29) is 0 Å². The summed E-state index contributed by atoms with van der Waals surface area (Å²) in [5.74, 6) is 0.956. The lowest BCUT2D eigenvalue weighted by molar-refractivity contribution is 0.0365. The first-order valence-corrected chi connectivity index (χ1v) is 4.01. The maximum atomic E-state index is 5.66. The van der Waals surface area contributed by atoms with Crippen molar-refractivity contribution < 1.29 is 4.74 Å². The maximum absolute atomic E-state index is 5.66. The molecule has 9 heavy (non-hydrogen) atoms. The third-order valence-electron chi connectivity index (χ3n) is 2.76. The number of rotatable bonds is 2. The van der Waals surface area contributed by atoms with E-state index in [0.717, 1.165) is 12.5 Å². The SMILES string of the molecule is CCOC12CCCC1C2. The fourth-order valence-electron chi connectivity index (χ4n) is 2.21. The van der Waals surface area contributed by atoms with Crippen LogP contribution in [0.2, 0.25) is 0 Å². The van der Waals surface area contributed by atoms with E-state index >= 15 is 0 Å². The molecule has 1 heteroatoms. The predicted molar refractivity (Wildman–Crippen MR) is 36.3 cm³/mol. The summed E-state index contributed by atoms with van der Waals surface area (Å²) in [5.41, 5.74) is 0.411. The van der Waals surface area contributed by atoms with Crippen LogP contribution in [0.1, 0.15) is 32.6 Å². The summed E-state index contributed by atoms with van der Waals surface area (Å²) in [4.78, 5) is 0. The monoisotopic (exact) mass is 126 g/mol. The van der Waals surface area contributed by atoms with Gasteiger partial charge in [-0.05, 0) is 32.1 Å². The van der Waals surface area contributed by atoms with Crippen molar-refractivity contribution in [1.82, 2.24) is 0 Å². The fraction of sp³-hybridized carbons (Fsp3) is 1.00. The number of hydrogen-bond donors (Lipinski definition) is 0. The molecule has 0 aromatic carbocycles. The van der Waals surface area contributed by atoms with Crippen molar-refractivity contribution in [2.24, 2.45) is 5.92 Å². The Morgan fingerprint density at radius 3 is 3.00 bits per heavy atom. The molecular formula is C8H14O. The first-order valence-electron chi connectivity index (χ1n) is 4.01. The van der Waals surface area contributed by atoms with Gasteiger partial charge in [0.25, 0.3) is 0 Å². The molecule has 0 amide bonds. The van der Waals surface area contributed by atoms with Crippen LogP contribution in [-0.2, 0) is 4.74 Å². The van der Waals surface area contributed by atoms with Gasteiger partial charge in [-0.2, -0.15) is 0 Å². The number of fused-ring (bicyclic) bond motifs is 1. The third kappa shape index (κ3) is 0.710. The average Bonchev–Trinajstić information content (AvgIpc) is 2.37. The molecule has 0 aromatic heterocycles. The Bertz CT molecular complexity index is 122. The molecule has 2 unspecified atom stereocenters. The van der Waals surface area contributed by atoms with Crippen LogP contribution in [0.3, 0.4) is 0 Å². The van der Waals surface area contributed by atoms with Gasteiger partial charge in [-0.15, -0.1) is 0 Å². The summed E-state index contributed by atoms with van der Waals surface area (Å²) >= 11 is 0.